The summed E-state index contributed by atoms with van der Waals surface area (Å²) in [6.07, 6.45) is 4.37. The summed E-state index contributed by atoms with van der Waals surface area (Å²) < 4.78 is 0. The van der Waals surface area contributed by atoms with Crippen molar-refractivity contribution in [1.82, 2.24) is 4.98 Å². The largest absolute Gasteiger partial charge is 0.302 e. The van der Waals surface area contributed by atoms with Crippen LogP contribution in [0.5, 0.6) is 0 Å². The van der Waals surface area contributed by atoms with E-state index in [2.05, 4.69) is 60.8 Å². The zero-order valence-electron chi connectivity index (χ0n) is 18.3. The van der Waals surface area contributed by atoms with Crippen LogP contribution in [-0.2, 0) is 17.6 Å². The van der Waals surface area contributed by atoms with Gasteiger partial charge in [0.15, 0.2) is 5.13 Å². The van der Waals surface area contributed by atoms with E-state index in [1.807, 2.05) is 36.6 Å². The van der Waals surface area contributed by atoms with E-state index in [-0.39, 0.29) is 5.91 Å². The number of aryl methyl sites for hydroxylation is 1. The minimum atomic E-state index is -0.0373. The Kier molecular flexibility index (Phi) is 7.40. The number of hydrogen-bond donors (Lipinski definition) is 1. The molecule has 0 aliphatic carbocycles. The molecule has 3 nitrogen and oxygen atoms in total. The first-order chi connectivity index (χ1) is 15.7. The maximum atomic E-state index is 12.6. The van der Waals surface area contributed by atoms with E-state index < -0.39 is 0 Å². The van der Waals surface area contributed by atoms with E-state index in [0.717, 1.165) is 29.7 Å². The van der Waals surface area contributed by atoms with Gasteiger partial charge >= 0.3 is 0 Å². The molecule has 1 N–H and O–H groups in total. The van der Waals surface area contributed by atoms with Gasteiger partial charge in [0.1, 0.15) is 0 Å². The molecule has 0 saturated carbocycles. The molecular formula is C27H26N2OS2. The van der Waals surface area contributed by atoms with Crippen LogP contribution in [0.2, 0.25) is 0 Å². The second-order valence-corrected chi connectivity index (χ2v) is 9.52. The van der Waals surface area contributed by atoms with Crippen LogP contribution < -0.4 is 5.32 Å². The van der Waals surface area contributed by atoms with E-state index in [0.29, 0.717) is 11.6 Å². The third kappa shape index (κ3) is 5.47. The summed E-state index contributed by atoms with van der Waals surface area (Å²) in [7, 11) is 0. The molecule has 0 spiro atoms. The highest BCUT2D eigenvalue weighted by Gasteiger charge is 2.15. The van der Waals surface area contributed by atoms with Crippen molar-refractivity contribution in [3.8, 4) is 22.4 Å². The Morgan fingerprint density at radius 1 is 0.906 bits per heavy atom. The van der Waals surface area contributed by atoms with Gasteiger partial charge in [0, 0.05) is 15.3 Å². The molecule has 0 saturated heterocycles. The molecule has 1 heterocycles. The Hall–Kier alpha value is -2.89. The molecule has 1 aromatic heterocycles. The predicted molar refractivity (Wildman–Crippen MR) is 138 cm³/mol. The maximum absolute atomic E-state index is 12.6. The summed E-state index contributed by atoms with van der Waals surface area (Å²) in [4.78, 5) is 19.8. The van der Waals surface area contributed by atoms with Crippen LogP contribution in [0.25, 0.3) is 22.4 Å². The Balaban J connectivity index is 1.51. The number of nitrogens with zero attached hydrogens (tertiary/aromatic N) is 1. The van der Waals surface area contributed by atoms with E-state index in [1.165, 1.54) is 20.9 Å². The number of carbonyl (C=O) groups excluding carboxylic acids is 1. The van der Waals surface area contributed by atoms with Crippen LogP contribution >= 0.6 is 23.1 Å². The second kappa shape index (κ2) is 10.6. The summed E-state index contributed by atoms with van der Waals surface area (Å²) in [5.74, 6) is -0.0373. The lowest BCUT2D eigenvalue weighted by molar-refractivity contribution is -0.115. The molecule has 0 bridgehead atoms. The molecule has 0 aliphatic rings. The number of anilines is 1. The van der Waals surface area contributed by atoms with Gasteiger partial charge < -0.3 is 5.32 Å². The van der Waals surface area contributed by atoms with Crippen molar-refractivity contribution in [2.75, 3.05) is 11.6 Å². The van der Waals surface area contributed by atoms with Crippen molar-refractivity contribution in [1.29, 1.82) is 0 Å². The lowest BCUT2D eigenvalue weighted by Crippen LogP contribution is -2.14. The number of carbonyl (C=O) groups is 1. The van der Waals surface area contributed by atoms with Crippen LogP contribution in [0.1, 0.15) is 23.8 Å². The Labute approximate surface area is 197 Å². The highest BCUT2D eigenvalue weighted by Crippen LogP contribution is 2.33. The summed E-state index contributed by atoms with van der Waals surface area (Å²) in [6.45, 7) is 2.17. The van der Waals surface area contributed by atoms with Gasteiger partial charge in [-0.3, -0.25) is 4.79 Å². The quantitative estimate of drug-likeness (QED) is 0.281. The Morgan fingerprint density at radius 3 is 2.22 bits per heavy atom. The first kappa shape index (κ1) is 22.3. The smallest absolute Gasteiger partial charge is 0.230 e. The topological polar surface area (TPSA) is 42.0 Å². The molecule has 4 rings (SSSR count). The number of thiazole rings is 1. The molecule has 1 amide bonds. The number of thioether (sulfide) groups is 1. The molecule has 0 aliphatic heterocycles. The fourth-order valence-corrected chi connectivity index (χ4v) is 5.08. The van der Waals surface area contributed by atoms with E-state index in [1.54, 1.807) is 23.1 Å². The molecule has 0 unspecified atom stereocenters. The van der Waals surface area contributed by atoms with Gasteiger partial charge in [-0.15, -0.1) is 23.1 Å². The average molecular weight is 459 g/mol. The molecule has 4 aromatic rings. The van der Waals surface area contributed by atoms with Gasteiger partial charge in [0.05, 0.1) is 12.1 Å². The summed E-state index contributed by atoms with van der Waals surface area (Å²) in [6, 6.07) is 27.0. The lowest BCUT2D eigenvalue weighted by atomic mass is 10.0. The predicted octanol–water partition coefficient (Wildman–Crippen LogP) is 7.33. The summed E-state index contributed by atoms with van der Waals surface area (Å²) in [5.41, 5.74) is 5.43. The molecule has 0 fully saturated rings. The van der Waals surface area contributed by atoms with Gasteiger partial charge in [-0.1, -0.05) is 80.1 Å². The molecule has 0 radical (unpaired) electrons. The van der Waals surface area contributed by atoms with Crippen molar-refractivity contribution in [2.24, 2.45) is 0 Å². The minimum Gasteiger partial charge on any atom is -0.302 e. The summed E-state index contributed by atoms with van der Waals surface area (Å²) >= 11 is 3.27. The van der Waals surface area contributed by atoms with E-state index >= 15 is 0 Å². The minimum absolute atomic E-state index is 0.0373. The lowest BCUT2D eigenvalue weighted by Gasteiger charge is -2.05. The van der Waals surface area contributed by atoms with Crippen molar-refractivity contribution >= 4 is 34.1 Å². The molecule has 3 aromatic carbocycles. The maximum Gasteiger partial charge on any atom is 0.230 e. The number of nitrogens with one attached hydrogen (secondary N) is 1. The Bertz CT molecular complexity index is 1170. The number of hydrogen-bond acceptors (Lipinski definition) is 4. The van der Waals surface area contributed by atoms with E-state index in [4.69, 9.17) is 4.98 Å². The van der Waals surface area contributed by atoms with Crippen molar-refractivity contribution < 1.29 is 4.79 Å². The normalized spacial score (nSPS) is 10.8. The molecule has 0 atom stereocenters. The molecule has 162 valence electrons. The van der Waals surface area contributed by atoms with Crippen molar-refractivity contribution in [3.63, 3.8) is 0 Å². The molecule has 5 heteroatoms. The van der Waals surface area contributed by atoms with Crippen LogP contribution in [0.15, 0.2) is 83.8 Å². The van der Waals surface area contributed by atoms with Crippen LogP contribution in [0, 0.1) is 0 Å². The first-order valence-electron chi connectivity index (χ1n) is 10.7. The van der Waals surface area contributed by atoms with Gasteiger partial charge in [-0.05, 0) is 41.5 Å². The average Bonchev–Trinajstić information content (AvgIpc) is 3.22. The number of aromatic nitrogens is 1. The highest BCUT2D eigenvalue weighted by molar-refractivity contribution is 7.98. The molecular weight excluding hydrogens is 432 g/mol. The fourth-order valence-electron chi connectivity index (χ4n) is 3.57. The van der Waals surface area contributed by atoms with Crippen molar-refractivity contribution in [2.45, 2.75) is 31.1 Å². The fraction of sp³-hybridized carbons (Fsp3) is 0.185. The number of rotatable bonds is 8. The standard InChI is InChI=1S/C27H26N2OS2/c1-3-7-24-26(22-14-12-21(13-15-22)20-8-5-4-6-9-20)29-27(32-24)28-25(30)18-19-10-16-23(31-2)17-11-19/h4-6,8-17H,3,7,18H2,1-2H3,(H,28,29,30). The first-order valence-corrected chi connectivity index (χ1v) is 12.8. The van der Waals surface area contributed by atoms with Crippen LogP contribution in [-0.4, -0.2) is 17.1 Å². The number of benzene rings is 3. The SMILES string of the molecule is CCCc1sc(NC(=O)Cc2ccc(SC)cc2)nc1-c1ccc(-c2ccccc2)cc1. The van der Waals surface area contributed by atoms with Gasteiger partial charge in [0.2, 0.25) is 5.91 Å². The summed E-state index contributed by atoms with van der Waals surface area (Å²) in [5, 5.41) is 3.68. The van der Waals surface area contributed by atoms with Crippen LogP contribution in [0.4, 0.5) is 5.13 Å². The zero-order chi connectivity index (χ0) is 22.3. The third-order valence-electron chi connectivity index (χ3n) is 5.21. The van der Waals surface area contributed by atoms with Gasteiger partial charge in [-0.2, -0.15) is 0 Å². The monoisotopic (exact) mass is 458 g/mol. The van der Waals surface area contributed by atoms with Crippen molar-refractivity contribution in [3.05, 3.63) is 89.3 Å². The third-order valence-corrected chi connectivity index (χ3v) is 6.98. The molecule has 32 heavy (non-hydrogen) atoms. The van der Waals surface area contributed by atoms with E-state index in [9.17, 15) is 4.79 Å². The zero-order valence-corrected chi connectivity index (χ0v) is 19.9. The number of amides is 1. The Morgan fingerprint density at radius 2 is 1.56 bits per heavy atom. The van der Waals surface area contributed by atoms with Gasteiger partial charge in [-0.25, -0.2) is 4.98 Å². The van der Waals surface area contributed by atoms with Crippen LogP contribution in [0.3, 0.4) is 0 Å². The second-order valence-electron chi connectivity index (χ2n) is 7.56. The van der Waals surface area contributed by atoms with Gasteiger partial charge in [0.25, 0.3) is 0 Å². The highest BCUT2D eigenvalue weighted by atomic mass is 32.2.